The molecule has 0 spiro atoms. The summed E-state index contributed by atoms with van der Waals surface area (Å²) in [5.41, 5.74) is 0.815. The van der Waals surface area contributed by atoms with E-state index < -0.39 is 17.3 Å². The molecule has 0 aromatic carbocycles. The molecule has 8 heteroatoms. The first-order valence-electron chi connectivity index (χ1n) is 6.64. The van der Waals surface area contributed by atoms with Crippen molar-refractivity contribution in [1.29, 1.82) is 0 Å². The van der Waals surface area contributed by atoms with Crippen molar-refractivity contribution in [2.45, 2.75) is 26.7 Å². The normalized spacial score (nSPS) is 15.9. The summed E-state index contributed by atoms with van der Waals surface area (Å²) in [4.78, 5) is 31.4. The van der Waals surface area contributed by atoms with Crippen LogP contribution < -0.4 is 5.32 Å². The lowest BCUT2D eigenvalue weighted by Gasteiger charge is -2.09. The molecular weight excluding hydrogens is 274 g/mol. The van der Waals surface area contributed by atoms with E-state index in [-0.39, 0.29) is 12.4 Å². The van der Waals surface area contributed by atoms with Crippen LogP contribution >= 0.6 is 0 Å². The third-order valence-corrected chi connectivity index (χ3v) is 3.72. The molecule has 0 radical (unpaired) electrons. The summed E-state index contributed by atoms with van der Waals surface area (Å²) < 4.78 is 1.49. The summed E-state index contributed by atoms with van der Waals surface area (Å²) in [6.45, 7) is 3.79. The summed E-state index contributed by atoms with van der Waals surface area (Å²) >= 11 is 0. The second-order valence-electron chi connectivity index (χ2n) is 5.45. The van der Waals surface area contributed by atoms with Crippen LogP contribution in [0.15, 0.2) is 6.07 Å². The number of hydrogen-bond donors (Lipinski definition) is 2. The lowest BCUT2D eigenvalue weighted by molar-refractivity contribution is -0.143. The zero-order valence-corrected chi connectivity index (χ0v) is 11.8. The molecule has 3 rings (SSSR count). The topological polar surface area (TPSA) is 109 Å². The molecule has 0 bridgehead atoms. The Bertz CT molecular complexity index is 748. The monoisotopic (exact) mass is 289 g/mol. The highest BCUT2D eigenvalue weighted by Gasteiger charge is 2.50. The molecule has 110 valence electrons. The molecule has 2 N–H and O–H groups in total. The van der Waals surface area contributed by atoms with E-state index in [1.54, 1.807) is 0 Å². The second kappa shape index (κ2) is 4.51. The number of aliphatic carboxylic acids is 1. The minimum atomic E-state index is -0.876. The average molecular weight is 289 g/mol. The highest BCUT2D eigenvalue weighted by Crippen LogP contribution is 2.45. The van der Waals surface area contributed by atoms with Crippen LogP contribution in [0, 0.1) is 19.3 Å². The average Bonchev–Trinajstić information content (AvgIpc) is 3.09. The van der Waals surface area contributed by atoms with Crippen molar-refractivity contribution >= 4 is 17.7 Å². The van der Waals surface area contributed by atoms with E-state index in [0.717, 1.165) is 11.4 Å². The fraction of sp³-hybridized carbons (Fsp3) is 0.462. The maximum Gasteiger partial charge on any atom is 0.311 e. The van der Waals surface area contributed by atoms with Crippen LogP contribution in [0.5, 0.6) is 0 Å². The van der Waals surface area contributed by atoms with Gasteiger partial charge in [-0.05, 0) is 32.8 Å². The van der Waals surface area contributed by atoms with Gasteiger partial charge in [-0.25, -0.2) is 9.50 Å². The summed E-state index contributed by atoms with van der Waals surface area (Å²) in [6, 6.07) is 1.84. The van der Waals surface area contributed by atoms with Crippen molar-refractivity contribution in [3.8, 4) is 0 Å². The van der Waals surface area contributed by atoms with Crippen LogP contribution in [0.3, 0.4) is 0 Å². The number of carbonyl (C=O) groups is 2. The Kier molecular flexibility index (Phi) is 2.89. The van der Waals surface area contributed by atoms with Gasteiger partial charge in [0.2, 0.25) is 5.82 Å². The molecule has 2 aromatic heterocycles. The van der Waals surface area contributed by atoms with E-state index in [2.05, 4.69) is 20.4 Å². The lowest BCUT2D eigenvalue weighted by Crippen LogP contribution is -2.34. The Morgan fingerprint density at radius 3 is 2.71 bits per heavy atom. The largest absolute Gasteiger partial charge is 0.481 e. The maximum atomic E-state index is 12.0. The standard InChI is InChI=1S/C13H15N5O3/c1-7-5-8(2)18-12(15-7)16-9(17-18)10(19)14-6-13(3-4-13)11(20)21/h5H,3-4,6H2,1-2H3,(H,14,19)(H,20,21). The maximum absolute atomic E-state index is 12.0. The third-order valence-electron chi connectivity index (χ3n) is 3.72. The summed E-state index contributed by atoms with van der Waals surface area (Å²) in [5, 5.41) is 15.8. The minimum absolute atomic E-state index is 0.00242. The van der Waals surface area contributed by atoms with E-state index in [0.29, 0.717) is 18.6 Å². The predicted molar refractivity (Wildman–Crippen MR) is 71.9 cm³/mol. The zero-order chi connectivity index (χ0) is 15.2. The van der Waals surface area contributed by atoms with Crippen LogP contribution in [0.1, 0.15) is 34.8 Å². The van der Waals surface area contributed by atoms with Gasteiger partial charge >= 0.3 is 5.97 Å². The van der Waals surface area contributed by atoms with Gasteiger partial charge in [-0.15, -0.1) is 5.10 Å². The van der Waals surface area contributed by atoms with Crippen molar-refractivity contribution in [2.24, 2.45) is 5.41 Å². The quantitative estimate of drug-likeness (QED) is 0.839. The molecule has 21 heavy (non-hydrogen) atoms. The molecule has 8 nitrogen and oxygen atoms in total. The Morgan fingerprint density at radius 1 is 1.38 bits per heavy atom. The molecule has 0 saturated heterocycles. The van der Waals surface area contributed by atoms with Gasteiger partial charge in [0, 0.05) is 17.9 Å². The highest BCUT2D eigenvalue weighted by molar-refractivity contribution is 5.91. The number of aromatic nitrogens is 4. The smallest absolute Gasteiger partial charge is 0.311 e. The van der Waals surface area contributed by atoms with Crippen molar-refractivity contribution in [2.75, 3.05) is 6.54 Å². The van der Waals surface area contributed by atoms with E-state index in [1.807, 2.05) is 19.9 Å². The Morgan fingerprint density at radius 2 is 2.10 bits per heavy atom. The molecule has 2 heterocycles. The number of rotatable bonds is 4. The van der Waals surface area contributed by atoms with Crippen molar-refractivity contribution < 1.29 is 14.7 Å². The third kappa shape index (κ3) is 2.32. The van der Waals surface area contributed by atoms with Crippen molar-refractivity contribution in [1.82, 2.24) is 24.9 Å². The number of carboxylic acid groups (broad SMARTS) is 1. The lowest BCUT2D eigenvalue weighted by atomic mass is 10.1. The molecule has 2 aromatic rings. The number of nitrogens with zero attached hydrogens (tertiary/aromatic N) is 4. The van der Waals surface area contributed by atoms with Crippen molar-refractivity contribution in [3.05, 3.63) is 23.3 Å². The molecule has 1 aliphatic carbocycles. The molecule has 1 saturated carbocycles. The fourth-order valence-corrected chi connectivity index (χ4v) is 2.21. The molecule has 0 aliphatic heterocycles. The molecule has 1 amide bonds. The highest BCUT2D eigenvalue weighted by atomic mass is 16.4. The van der Waals surface area contributed by atoms with E-state index in [1.165, 1.54) is 4.52 Å². The second-order valence-corrected chi connectivity index (χ2v) is 5.45. The van der Waals surface area contributed by atoms with E-state index in [9.17, 15) is 9.59 Å². The number of aryl methyl sites for hydroxylation is 2. The first-order valence-corrected chi connectivity index (χ1v) is 6.64. The van der Waals surface area contributed by atoms with Crippen LogP contribution in [0.25, 0.3) is 5.78 Å². The van der Waals surface area contributed by atoms with Crippen molar-refractivity contribution in [3.63, 3.8) is 0 Å². The van der Waals surface area contributed by atoms with E-state index in [4.69, 9.17) is 5.11 Å². The van der Waals surface area contributed by atoms with Gasteiger partial charge in [-0.3, -0.25) is 9.59 Å². The van der Waals surface area contributed by atoms with Gasteiger partial charge < -0.3 is 10.4 Å². The zero-order valence-electron chi connectivity index (χ0n) is 11.8. The minimum Gasteiger partial charge on any atom is -0.481 e. The van der Waals surface area contributed by atoms with Gasteiger partial charge in [0.25, 0.3) is 11.7 Å². The molecule has 0 atom stereocenters. The Balaban J connectivity index is 1.79. The van der Waals surface area contributed by atoms with Crippen LogP contribution in [-0.4, -0.2) is 43.1 Å². The predicted octanol–water partition coefficient (Wildman–Crippen LogP) is 0.336. The summed E-state index contributed by atoms with van der Waals surface area (Å²) in [6.07, 6.45) is 1.17. The van der Waals surface area contributed by atoms with Gasteiger partial charge in [-0.2, -0.15) is 4.98 Å². The van der Waals surface area contributed by atoms with E-state index >= 15 is 0 Å². The number of hydrogen-bond acceptors (Lipinski definition) is 5. The molecular formula is C13H15N5O3. The summed E-state index contributed by atoms with van der Waals surface area (Å²) in [5.74, 6) is -1.00. The van der Waals surface area contributed by atoms with Gasteiger partial charge in [0.05, 0.1) is 5.41 Å². The Hall–Kier alpha value is -2.51. The van der Waals surface area contributed by atoms with Gasteiger partial charge in [0.1, 0.15) is 0 Å². The number of carbonyl (C=O) groups excluding carboxylic acids is 1. The first-order chi connectivity index (χ1) is 9.91. The first kappa shape index (κ1) is 13.5. The molecule has 1 fully saturated rings. The Labute approximate surface area is 120 Å². The van der Waals surface area contributed by atoms with Gasteiger partial charge in [0.15, 0.2) is 0 Å². The number of amides is 1. The fourth-order valence-electron chi connectivity index (χ4n) is 2.21. The number of nitrogens with one attached hydrogen (secondary N) is 1. The molecule has 1 aliphatic rings. The SMILES string of the molecule is Cc1cc(C)n2nc(C(=O)NCC3(C(=O)O)CC3)nc2n1. The van der Waals surface area contributed by atoms with Crippen LogP contribution in [0.4, 0.5) is 0 Å². The number of carboxylic acids is 1. The number of fused-ring (bicyclic) bond motifs is 1. The summed E-state index contributed by atoms with van der Waals surface area (Å²) in [7, 11) is 0. The van der Waals surface area contributed by atoms with Crippen LogP contribution in [0.2, 0.25) is 0 Å². The van der Waals surface area contributed by atoms with Gasteiger partial charge in [-0.1, -0.05) is 0 Å². The molecule has 0 unspecified atom stereocenters. The van der Waals surface area contributed by atoms with Crippen LogP contribution in [-0.2, 0) is 4.79 Å².